The Kier molecular flexibility index (Phi) is 5.18. The Labute approximate surface area is 119 Å². The van der Waals surface area contributed by atoms with Crippen molar-refractivity contribution < 1.29 is 14.3 Å². The Morgan fingerprint density at radius 1 is 1.00 bits per heavy atom. The summed E-state index contributed by atoms with van der Waals surface area (Å²) in [4.78, 5) is 10.8. The molecule has 0 saturated carbocycles. The van der Waals surface area contributed by atoms with Gasteiger partial charge in [0.25, 0.3) is 0 Å². The molecule has 0 aliphatic heterocycles. The maximum absolute atomic E-state index is 10.8. The maximum atomic E-state index is 10.8. The van der Waals surface area contributed by atoms with Crippen LogP contribution in [0.15, 0.2) is 48.5 Å². The third-order valence-corrected chi connectivity index (χ3v) is 2.89. The standard InChI is InChI=1S/C17H18O3/c1-2-19-17-12-15(13-18)8-9-16(17)20-11-10-14-6-4-3-5-7-14/h3-9,12-13H,2,10-11H2,1H3. The van der Waals surface area contributed by atoms with Crippen LogP contribution in [0.25, 0.3) is 0 Å². The molecule has 0 N–H and O–H groups in total. The first kappa shape index (κ1) is 14.1. The Morgan fingerprint density at radius 2 is 1.80 bits per heavy atom. The second kappa shape index (κ2) is 7.34. The second-order valence-corrected chi connectivity index (χ2v) is 4.34. The molecule has 0 heterocycles. The fourth-order valence-corrected chi connectivity index (χ4v) is 1.91. The molecule has 0 aliphatic carbocycles. The summed E-state index contributed by atoms with van der Waals surface area (Å²) in [5.74, 6) is 1.29. The zero-order valence-corrected chi connectivity index (χ0v) is 11.5. The van der Waals surface area contributed by atoms with Crippen molar-refractivity contribution in [3.63, 3.8) is 0 Å². The van der Waals surface area contributed by atoms with Crippen LogP contribution < -0.4 is 9.47 Å². The number of carbonyl (C=O) groups is 1. The number of ether oxygens (including phenoxy) is 2. The van der Waals surface area contributed by atoms with Crippen molar-refractivity contribution in [2.75, 3.05) is 13.2 Å². The molecule has 3 nitrogen and oxygen atoms in total. The highest BCUT2D eigenvalue weighted by molar-refractivity contribution is 5.76. The molecule has 0 radical (unpaired) electrons. The lowest BCUT2D eigenvalue weighted by atomic mass is 10.2. The number of hydrogen-bond acceptors (Lipinski definition) is 3. The minimum absolute atomic E-state index is 0.539. The van der Waals surface area contributed by atoms with E-state index in [-0.39, 0.29) is 0 Å². The summed E-state index contributed by atoms with van der Waals surface area (Å²) >= 11 is 0. The van der Waals surface area contributed by atoms with Crippen LogP contribution in [0, 0.1) is 0 Å². The number of rotatable bonds is 7. The largest absolute Gasteiger partial charge is 0.490 e. The average molecular weight is 270 g/mol. The molecule has 0 saturated heterocycles. The molecule has 0 atom stereocenters. The molecule has 3 heteroatoms. The molecule has 104 valence electrons. The first-order chi connectivity index (χ1) is 9.83. The van der Waals surface area contributed by atoms with Crippen LogP contribution in [0.3, 0.4) is 0 Å². The molecular formula is C17H18O3. The monoisotopic (exact) mass is 270 g/mol. The Bertz CT molecular complexity index is 549. The van der Waals surface area contributed by atoms with E-state index in [0.29, 0.717) is 30.3 Å². The highest BCUT2D eigenvalue weighted by Gasteiger charge is 2.06. The van der Waals surface area contributed by atoms with Gasteiger partial charge in [0.15, 0.2) is 11.5 Å². The van der Waals surface area contributed by atoms with Crippen molar-refractivity contribution >= 4 is 6.29 Å². The highest BCUT2D eigenvalue weighted by atomic mass is 16.5. The predicted molar refractivity (Wildman–Crippen MR) is 78.6 cm³/mol. The van der Waals surface area contributed by atoms with Gasteiger partial charge in [-0.15, -0.1) is 0 Å². The predicted octanol–water partition coefficient (Wildman–Crippen LogP) is 3.52. The maximum Gasteiger partial charge on any atom is 0.161 e. The zero-order valence-electron chi connectivity index (χ0n) is 11.5. The van der Waals surface area contributed by atoms with Crippen molar-refractivity contribution in [1.29, 1.82) is 0 Å². The lowest BCUT2D eigenvalue weighted by Gasteiger charge is -2.12. The average Bonchev–Trinajstić information content (AvgIpc) is 2.50. The van der Waals surface area contributed by atoms with E-state index >= 15 is 0 Å². The normalized spacial score (nSPS) is 10.1. The molecule has 0 amide bonds. The van der Waals surface area contributed by atoms with Gasteiger partial charge in [0.05, 0.1) is 13.2 Å². The summed E-state index contributed by atoms with van der Waals surface area (Å²) in [5, 5.41) is 0. The third-order valence-electron chi connectivity index (χ3n) is 2.89. The van der Waals surface area contributed by atoms with Crippen molar-refractivity contribution in [3.8, 4) is 11.5 Å². The van der Waals surface area contributed by atoms with Crippen LogP contribution in [0.2, 0.25) is 0 Å². The first-order valence-corrected chi connectivity index (χ1v) is 6.72. The van der Waals surface area contributed by atoms with Crippen LogP contribution in [-0.2, 0) is 6.42 Å². The molecule has 2 rings (SSSR count). The molecule has 0 aromatic heterocycles. The van der Waals surface area contributed by atoms with Crippen LogP contribution in [0.5, 0.6) is 11.5 Å². The molecule has 2 aromatic rings. The van der Waals surface area contributed by atoms with Gasteiger partial charge in [0.2, 0.25) is 0 Å². The highest BCUT2D eigenvalue weighted by Crippen LogP contribution is 2.28. The van der Waals surface area contributed by atoms with E-state index in [2.05, 4.69) is 12.1 Å². The summed E-state index contributed by atoms with van der Waals surface area (Å²) in [6.07, 6.45) is 1.64. The van der Waals surface area contributed by atoms with Crippen molar-refractivity contribution in [2.24, 2.45) is 0 Å². The van der Waals surface area contributed by atoms with Gasteiger partial charge in [-0.25, -0.2) is 0 Å². The summed E-state index contributed by atoms with van der Waals surface area (Å²) in [5.41, 5.74) is 1.82. The number of carbonyl (C=O) groups excluding carboxylic acids is 1. The first-order valence-electron chi connectivity index (χ1n) is 6.72. The molecule has 0 bridgehead atoms. The van der Waals surface area contributed by atoms with Crippen LogP contribution in [0.4, 0.5) is 0 Å². The fraction of sp³-hybridized carbons (Fsp3) is 0.235. The smallest absolute Gasteiger partial charge is 0.161 e. The Morgan fingerprint density at radius 3 is 2.50 bits per heavy atom. The van der Waals surface area contributed by atoms with E-state index in [4.69, 9.17) is 9.47 Å². The third kappa shape index (κ3) is 3.85. The fourth-order valence-electron chi connectivity index (χ4n) is 1.91. The van der Waals surface area contributed by atoms with Gasteiger partial charge in [-0.05, 0) is 30.7 Å². The van der Waals surface area contributed by atoms with Crippen molar-refractivity contribution in [2.45, 2.75) is 13.3 Å². The molecule has 0 fully saturated rings. The SMILES string of the molecule is CCOc1cc(C=O)ccc1OCCc1ccccc1. The number of benzene rings is 2. The summed E-state index contributed by atoms with van der Waals surface area (Å²) < 4.78 is 11.3. The molecule has 20 heavy (non-hydrogen) atoms. The minimum Gasteiger partial charge on any atom is -0.490 e. The number of hydrogen-bond donors (Lipinski definition) is 0. The van der Waals surface area contributed by atoms with Gasteiger partial charge in [0.1, 0.15) is 6.29 Å². The molecule has 0 aliphatic rings. The molecular weight excluding hydrogens is 252 g/mol. The van der Waals surface area contributed by atoms with E-state index in [1.54, 1.807) is 18.2 Å². The summed E-state index contributed by atoms with van der Waals surface area (Å²) in [7, 11) is 0. The van der Waals surface area contributed by atoms with Gasteiger partial charge in [-0.3, -0.25) is 4.79 Å². The summed E-state index contributed by atoms with van der Waals surface area (Å²) in [6.45, 7) is 3.02. The molecule has 2 aromatic carbocycles. The topological polar surface area (TPSA) is 35.5 Å². The Balaban J connectivity index is 1.99. The van der Waals surface area contributed by atoms with Crippen LogP contribution in [0.1, 0.15) is 22.8 Å². The van der Waals surface area contributed by atoms with Gasteiger partial charge >= 0.3 is 0 Å². The minimum atomic E-state index is 0.539. The lowest BCUT2D eigenvalue weighted by molar-refractivity contribution is 0.112. The van der Waals surface area contributed by atoms with Gasteiger partial charge in [-0.2, -0.15) is 0 Å². The van der Waals surface area contributed by atoms with Crippen molar-refractivity contribution in [1.82, 2.24) is 0 Å². The zero-order chi connectivity index (χ0) is 14.2. The van der Waals surface area contributed by atoms with E-state index in [1.807, 2.05) is 25.1 Å². The van der Waals surface area contributed by atoms with Crippen LogP contribution >= 0.6 is 0 Å². The van der Waals surface area contributed by atoms with E-state index in [0.717, 1.165) is 12.7 Å². The summed E-state index contributed by atoms with van der Waals surface area (Å²) in [6, 6.07) is 15.4. The van der Waals surface area contributed by atoms with Gasteiger partial charge < -0.3 is 9.47 Å². The van der Waals surface area contributed by atoms with Gasteiger partial charge in [0, 0.05) is 12.0 Å². The lowest BCUT2D eigenvalue weighted by Crippen LogP contribution is -2.04. The Hall–Kier alpha value is -2.29. The quantitative estimate of drug-likeness (QED) is 0.722. The molecule has 0 unspecified atom stereocenters. The second-order valence-electron chi connectivity index (χ2n) is 4.34. The van der Waals surface area contributed by atoms with Gasteiger partial charge in [-0.1, -0.05) is 30.3 Å². The van der Waals surface area contributed by atoms with Crippen molar-refractivity contribution in [3.05, 3.63) is 59.7 Å². The van der Waals surface area contributed by atoms with Crippen LogP contribution in [-0.4, -0.2) is 19.5 Å². The molecule has 0 spiro atoms. The number of aldehydes is 1. The van der Waals surface area contributed by atoms with E-state index in [1.165, 1.54) is 5.56 Å². The van der Waals surface area contributed by atoms with E-state index in [9.17, 15) is 4.79 Å². The van der Waals surface area contributed by atoms with E-state index < -0.39 is 0 Å².